The van der Waals surface area contributed by atoms with E-state index in [1.165, 1.54) is 0 Å². The SMILES string of the molecule is Cc1nc2ccc(C(=O)NC(c3ccccc3)c3cccnc3)cc2[nH]1. The maximum atomic E-state index is 12.9. The molecule has 26 heavy (non-hydrogen) atoms. The number of hydrogen-bond acceptors (Lipinski definition) is 3. The second-order valence-corrected chi connectivity index (χ2v) is 6.16. The van der Waals surface area contributed by atoms with Crippen LogP contribution >= 0.6 is 0 Å². The molecule has 0 saturated heterocycles. The molecule has 0 saturated carbocycles. The molecule has 0 fully saturated rings. The van der Waals surface area contributed by atoms with Crippen LogP contribution in [0.3, 0.4) is 0 Å². The van der Waals surface area contributed by atoms with Gasteiger partial charge in [0.25, 0.3) is 5.91 Å². The smallest absolute Gasteiger partial charge is 0.252 e. The van der Waals surface area contributed by atoms with Crippen LogP contribution in [0.1, 0.15) is 33.4 Å². The number of nitrogens with one attached hydrogen (secondary N) is 2. The highest BCUT2D eigenvalue weighted by atomic mass is 16.1. The van der Waals surface area contributed by atoms with Crippen LogP contribution in [0.15, 0.2) is 73.1 Å². The molecule has 2 N–H and O–H groups in total. The van der Waals surface area contributed by atoms with Crippen LogP contribution in [0.4, 0.5) is 0 Å². The Labute approximate surface area is 151 Å². The van der Waals surface area contributed by atoms with Crippen molar-refractivity contribution in [1.29, 1.82) is 0 Å². The van der Waals surface area contributed by atoms with Crippen molar-refractivity contribution in [3.8, 4) is 0 Å². The van der Waals surface area contributed by atoms with Crippen LogP contribution in [-0.4, -0.2) is 20.9 Å². The number of imidazole rings is 1. The van der Waals surface area contributed by atoms with Crippen molar-refractivity contribution in [1.82, 2.24) is 20.3 Å². The predicted octanol–water partition coefficient (Wildman–Crippen LogP) is 3.79. The van der Waals surface area contributed by atoms with E-state index in [2.05, 4.69) is 20.3 Å². The van der Waals surface area contributed by atoms with E-state index in [4.69, 9.17) is 0 Å². The number of pyridine rings is 1. The Morgan fingerprint density at radius 3 is 2.62 bits per heavy atom. The van der Waals surface area contributed by atoms with E-state index in [9.17, 15) is 4.79 Å². The molecule has 0 bridgehead atoms. The molecular formula is C21H18N4O. The van der Waals surface area contributed by atoms with Crippen LogP contribution in [0, 0.1) is 6.92 Å². The summed E-state index contributed by atoms with van der Waals surface area (Å²) >= 11 is 0. The second-order valence-electron chi connectivity index (χ2n) is 6.16. The maximum absolute atomic E-state index is 12.9. The zero-order valence-electron chi connectivity index (χ0n) is 14.3. The fraction of sp³-hybridized carbons (Fsp3) is 0.0952. The third-order valence-electron chi connectivity index (χ3n) is 4.29. The van der Waals surface area contributed by atoms with Crippen molar-refractivity contribution in [3.05, 3.63) is 95.6 Å². The van der Waals surface area contributed by atoms with E-state index in [1.807, 2.05) is 61.5 Å². The Morgan fingerprint density at radius 2 is 1.85 bits per heavy atom. The summed E-state index contributed by atoms with van der Waals surface area (Å²) in [6.07, 6.45) is 3.50. The summed E-state index contributed by atoms with van der Waals surface area (Å²) in [6, 6.07) is 18.9. The van der Waals surface area contributed by atoms with Gasteiger partial charge in [0.2, 0.25) is 0 Å². The Balaban J connectivity index is 1.67. The zero-order chi connectivity index (χ0) is 17.9. The Morgan fingerprint density at radius 1 is 1.04 bits per heavy atom. The number of hydrogen-bond donors (Lipinski definition) is 2. The molecule has 0 aliphatic heterocycles. The Bertz CT molecular complexity index is 1000. The van der Waals surface area contributed by atoms with Crippen LogP contribution < -0.4 is 5.32 Å². The van der Waals surface area contributed by atoms with E-state index >= 15 is 0 Å². The zero-order valence-corrected chi connectivity index (χ0v) is 14.3. The largest absolute Gasteiger partial charge is 0.342 e. The number of amides is 1. The molecule has 5 nitrogen and oxygen atoms in total. The molecule has 0 aliphatic carbocycles. The van der Waals surface area contributed by atoms with Crippen LogP contribution in [-0.2, 0) is 0 Å². The number of aromatic nitrogens is 3. The van der Waals surface area contributed by atoms with Gasteiger partial charge >= 0.3 is 0 Å². The van der Waals surface area contributed by atoms with E-state index in [1.54, 1.807) is 18.5 Å². The lowest BCUT2D eigenvalue weighted by Gasteiger charge is -2.19. The second kappa shape index (κ2) is 6.80. The van der Waals surface area contributed by atoms with Crippen LogP contribution in [0.5, 0.6) is 0 Å². The summed E-state index contributed by atoms with van der Waals surface area (Å²) in [5.74, 6) is 0.687. The minimum absolute atomic E-state index is 0.142. The molecular weight excluding hydrogens is 324 g/mol. The molecule has 0 radical (unpaired) electrons. The molecule has 0 aliphatic rings. The molecule has 2 aromatic heterocycles. The quantitative estimate of drug-likeness (QED) is 0.593. The van der Waals surface area contributed by atoms with Gasteiger partial charge in [-0.05, 0) is 42.3 Å². The van der Waals surface area contributed by atoms with Gasteiger partial charge in [-0.2, -0.15) is 0 Å². The standard InChI is InChI=1S/C21H18N4O/c1-14-23-18-10-9-16(12-19(18)24-14)21(26)25-20(15-6-3-2-4-7-15)17-8-5-11-22-13-17/h2-13,20H,1H3,(H,23,24)(H,25,26). The first-order valence-corrected chi connectivity index (χ1v) is 8.43. The van der Waals surface area contributed by atoms with Crippen molar-refractivity contribution in [2.45, 2.75) is 13.0 Å². The summed E-state index contributed by atoms with van der Waals surface area (Å²) in [6.45, 7) is 1.90. The van der Waals surface area contributed by atoms with Gasteiger partial charge in [0.15, 0.2) is 0 Å². The number of aryl methyl sites for hydroxylation is 1. The summed E-state index contributed by atoms with van der Waals surface area (Å²) in [4.78, 5) is 24.6. The van der Waals surface area contributed by atoms with Crippen molar-refractivity contribution in [2.75, 3.05) is 0 Å². The third-order valence-corrected chi connectivity index (χ3v) is 4.29. The average Bonchev–Trinajstić information content (AvgIpc) is 3.06. The highest BCUT2D eigenvalue weighted by molar-refractivity contribution is 5.97. The molecule has 5 heteroatoms. The average molecular weight is 342 g/mol. The summed E-state index contributed by atoms with van der Waals surface area (Å²) in [5, 5.41) is 3.12. The van der Waals surface area contributed by atoms with E-state index in [-0.39, 0.29) is 11.9 Å². The molecule has 4 aromatic rings. The lowest BCUT2D eigenvalue weighted by Crippen LogP contribution is -2.29. The first-order chi connectivity index (χ1) is 12.7. The molecule has 4 rings (SSSR count). The number of nitrogens with zero attached hydrogens (tertiary/aromatic N) is 2. The van der Waals surface area contributed by atoms with Gasteiger partial charge in [0.1, 0.15) is 5.82 Å². The first kappa shape index (κ1) is 16.0. The van der Waals surface area contributed by atoms with Crippen molar-refractivity contribution in [3.63, 3.8) is 0 Å². The van der Waals surface area contributed by atoms with Gasteiger partial charge in [-0.25, -0.2) is 4.98 Å². The molecule has 0 spiro atoms. The number of H-pyrrole nitrogens is 1. The number of carbonyl (C=O) groups excluding carboxylic acids is 1. The van der Waals surface area contributed by atoms with Crippen LogP contribution in [0.2, 0.25) is 0 Å². The van der Waals surface area contributed by atoms with E-state index in [0.29, 0.717) is 5.56 Å². The van der Waals surface area contributed by atoms with Gasteiger partial charge in [-0.1, -0.05) is 36.4 Å². The van der Waals surface area contributed by atoms with Gasteiger partial charge in [-0.3, -0.25) is 9.78 Å². The Kier molecular flexibility index (Phi) is 4.19. The number of rotatable bonds is 4. The fourth-order valence-electron chi connectivity index (χ4n) is 3.04. The highest BCUT2D eigenvalue weighted by Gasteiger charge is 2.18. The number of aromatic amines is 1. The summed E-state index contributed by atoms with van der Waals surface area (Å²) < 4.78 is 0. The molecule has 1 atom stereocenters. The van der Waals surface area contributed by atoms with E-state index in [0.717, 1.165) is 28.0 Å². The molecule has 2 heterocycles. The molecule has 2 aromatic carbocycles. The number of carbonyl (C=O) groups is 1. The molecule has 1 amide bonds. The van der Waals surface area contributed by atoms with Crippen molar-refractivity contribution >= 4 is 16.9 Å². The minimum atomic E-state index is -0.267. The number of benzene rings is 2. The van der Waals surface area contributed by atoms with Gasteiger partial charge in [0, 0.05) is 18.0 Å². The molecule has 1 unspecified atom stereocenters. The first-order valence-electron chi connectivity index (χ1n) is 8.43. The predicted molar refractivity (Wildman–Crippen MR) is 101 cm³/mol. The third kappa shape index (κ3) is 3.19. The highest BCUT2D eigenvalue weighted by Crippen LogP contribution is 2.22. The van der Waals surface area contributed by atoms with Gasteiger partial charge in [-0.15, -0.1) is 0 Å². The summed E-state index contributed by atoms with van der Waals surface area (Å²) in [7, 11) is 0. The summed E-state index contributed by atoms with van der Waals surface area (Å²) in [5.41, 5.74) is 4.24. The normalized spacial score (nSPS) is 12.0. The topological polar surface area (TPSA) is 70.7 Å². The maximum Gasteiger partial charge on any atom is 0.252 e. The van der Waals surface area contributed by atoms with Gasteiger partial charge in [0.05, 0.1) is 17.1 Å². The number of fused-ring (bicyclic) bond motifs is 1. The van der Waals surface area contributed by atoms with Gasteiger partial charge < -0.3 is 10.3 Å². The van der Waals surface area contributed by atoms with Crippen LogP contribution in [0.25, 0.3) is 11.0 Å². The lowest BCUT2D eigenvalue weighted by molar-refractivity contribution is 0.0943. The fourth-order valence-corrected chi connectivity index (χ4v) is 3.04. The monoisotopic (exact) mass is 342 g/mol. The van der Waals surface area contributed by atoms with Crippen molar-refractivity contribution in [2.24, 2.45) is 0 Å². The minimum Gasteiger partial charge on any atom is -0.342 e. The lowest BCUT2D eigenvalue weighted by atomic mass is 9.99. The van der Waals surface area contributed by atoms with E-state index < -0.39 is 0 Å². The molecule has 128 valence electrons. The van der Waals surface area contributed by atoms with Crippen molar-refractivity contribution < 1.29 is 4.79 Å². The Hall–Kier alpha value is -3.47.